The molecule has 2 aliphatic heterocycles. The molecule has 12 nitrogen and oxygen atoms in total. The van der Waals surface area contributed by atoms with Gasteiger partial charge in [-0.05, 0) is 24.3 Å². The van der Waals surface area contributed by atoms with Crippen LogP contribution in [-0.2, 0) is 21.3 Å². The van der Waals surface area contributed by atoms with Gasteiger partial charge in [-0.15, -0.1) is 5.10 Å². The van der Waals surface area contributed by atoms with Crippen molar-refractivity contribution in [3.8, 4) is 0 Å². The maximum atomic E-state index is 12.8. The largest absolute Gasteiger partial charge is 0.379 e. The average Bonchev–Trinajstić information content (AvgIpc) is 3.46. The highest BCUT2D eigenvalue weighted by molar-refractivity contribution is 7.89. The number of aromatic nitrogens is 6. The molecule has 4 heterocycles. The Morgan fingerprint density at radius 1 is 1.06 bits per heavy atom. The zero-order chi connectivity index (χ0) is 22.1. The predicted molar refractivity (Wildman–Crippen MR) is 110 cm³/mol. The molecule has 0 unspecified atom stereocenters. The van der Waals surface area contributed by atoms with E-state index < -0.39 is 10.0 Å². The molecule has 3 aromatic rings. The van der Waals surface area contributed by atoms with E-state index in [0.717, 1.165) is 5.69 Å². The van der Waals surface area contributed by atoms with Gasteiger partial charge in [0.15, 0.2) is 0 Å². The first kappa shape index (κ1) is 20.7. The molecule has 32 heavy (non-hydrogen) atoms. The van der Waals surface area contributed by atoms with E-state index >= 15 is 0 Å². The number of carbonyl (C=O) groups excluding carboxylic acids is 1. The van der Waals surface area contributed by atoms with Crippen LogP contribution >= 0.6 is 0 Å². The molecule has 1 amide bonds. The molecule has 5 rings (SSSR count). The second-order valence-electron chi connectivity index (χ2n) is 7.65. The van der Waals surface area contributed by atoms with E-state index in [4.69, 9.17) is 4.74 Å². The maximum Gasteiger partial charge on any atom is 0.254 e. The van der Waals surface area contributed by atoms with E-state index in [9.17, 15) is 13.2 Å². The molecular formula is C19H22N8O4S. The van der Waals surface area contributed by atoms with Gasteiger partial charge in [0, 0.05) is 31.7 Å². The monoisotopic (exact) mass is 458 g/mol. The summed E-state index contributed by atoms with van der Waals surface area (Å²) in [7, 11) is -3.58. The fraction of sp³-hybridized carbons (Fsp3) is 0.421. The predicted octanol–water partition coefficient (Wildman–Crippen LogP) is -0.364. The van der Waals surface area contributed by atoms with Gasteiger partial charge in [-0.1, -0.05) is 5.21 Å². The van der Waals surface area contributed by atoms with Gasteiger partial charge < -0.3 is 9.64 Å². The lowest BCUT2D eigenvalue weighted by molar-refractivity contribution is 0.0498. The van der Waals surface area contributed by atoms with Crippen molar-refractivity contribution in [3.63, 3.8) is 0 Å². The molecule has 2 saturated heterocycles. The summed E-state index contributed by atoms with van der Waals surface area (Å²) in [6.07, 6.45) is 5.04. The lowest BCUT2D eigenvalue weighted by Crippen LogP contribution is -2.50. The highest BCUT2D eigenvalue weighted by Gasteiger charge is 2.34. The molecule has 0 N–H and O–H groups in total. The molecule has 1 aromatic carbocycles. The molecule has 0 atom stereocenters. The Hall–Kier alpha value is -3.16. The molecule has 0 bridgehead atoms. The quantitative estimate of drug-likeness (QED) is 0.490. The fourth-order valence-electron chi connectivity index (χ4n) is 3.71. The Morgan fingerprint density at radius 3 is 2.44 bits per heavy atom. The second-order valence-corrected chi connectivity index (χ2v) is 9.59. The van der Waals surface area contributed by atoms with Crippen LogP contribution in [0.5, 0.6) is 0 Å². The van der Waals surface area contributed by atoms with Gasteiger partial charge in [0.1, 0.15) is 12.2 Å². The number of likely N-dealkylation sites (tertiary alicyclic amines) is 1. The minimum absolute atomic E-state index is 0.0479. The first-order chi connectivity index (χ1) is 15.5. The van der Waals surface area contributed by atoms with Crippen molar-refractivity contribution in [1.82, 2.24) is 39.2 Å². The number of ether oxygens (including phenoxy) is 1. The van der Waals surface area contributed by atoms with Crippen molar-refractivity contribution in [1.29, 1.82) is 0 Å². The van der Waals surface area contributed by atoms with Crippen molar-refractivity contribution in [2.75, 3.05) is 39.4 Å². The van der Waals surface area contributed by atoms with Gasteiger partial charge in [0.25, 0.3) is 5.91 Å². The van der Waals surface area contributed by atoms with E-state index in [0.29, 0.717) is 51.5 Å². The Bertz CT molecular complexity index is 1180. The maximum absolute atomic E-state index is 12.8. The molecule has 168 valence electrons. The van der Waals surface area contributed by atoms with E-state index in [1.807, 2.05) is 6.20 Å². The van der Waals surface area contributed by atoms with Crippen LogP contribution in [0.1, 0.15) is 22.1 Å². The minimum atomic E-state index is -3.58. The standard InChI is InChI=1S/C19H22N8O4S/c28-19(15-1-3-18(4-2-15)32(29,30)25-7-9-31-10-8-25)24-13-17(14-24)26-11-16(22-23-26)12-27-20-5-6-21-27/h1-6,11,17H,7-10,12-14H2. The number of rotatable bonds is 6. The molecule has 13 heteroatoms. The number of morpholine rings is 1. The van der Waals surface area contributed by atoms with Crippen molar-refractivity contribution in [2.24, 2.45) is 0 Å². The van der Waals surface area contributed by atoms with Crippen LogP contribution in [0.15, 0.2) is 47.8 Å². The summed E-state index contributed by atoms with van der Waals surface area (Å²) in [4.78, 5) is 16.2. The van der Waals surface area contributed by atoms with Crippen molar-refractivity contribution in [2.45, 2.75) is 17.5 Å². The summed E-state index contributed by atoms with van der Waals surface area (Å²) in [5.41, 5.74) is 1.19. The molecule has 0 aliphatic carbocycles. The Balaban J connectivity index is 1.19. The molecule has 0 radical (unpaired) electrons. The van der Waals surface area contributed by atoms with Gasteiger partial charge >= 0.3 is 0 Å². The smallest absolute Gasteiger partial charge is 0.254 e. The van der Waals surface area contributed by atoms with Crippen LogP contribution in [-0.4, -0.2) is 92.9 Å². The lowest BCUT2D eigenvalue weighted by atomic mass is 10.1. The number of hydrogen-bond acceptors (Lipinski definition) is 8. The molecule has 2 aliphatic rings. The third kappa shape index (κ3) is 4.01. The molecule has 0 saturated carbocycles. The number of amides is 1. The number of carbonyl (C=O) groups is 1. The van der Waals surface area contributed by atoms with Crippen LogP contribution in [0.3, 0.4) is 0 Å². The Labute approximate surface area is 184 Å². The zero-order valence-electron chi connectivity index (χ0n) is 17.2. The summed E-state index contributed by atoms with van der Waals surface area (Å²) in [5, 5.41) is 16.4. The van der Waals surface area contributed by atoms with Crippen LogP contribution in [0.4, 0.5) is 0 Å². The summed E-state index contributed by atoms with van der Waals surface area (Å²) < 4.78 is 33.8. The van der Waals surface area contributed by atoms with Crippen LogP contribution < -0.4 is 0 Å². The van der Waals surface area contributed by atoms with Gasteiger partial charge in [-0.25, -0.2) is 13.1 Å². The van der Waals surface area contributed by atoms with Crippen LogP contribution in [0.2, 0.25) is 0 Å². The SMILES string of the molecule is O=C(c1ccc(S(=O)(=O)N2CCOCC2)cc1)N1CC(n2cc(Cn3nccn3)nn2)C1. The molecular weight excluding hydrogens is 436 g/mol. The minimum Gasteiger partial charge on any atom is -0.379 e. The van der Waals surface area contributed by atoms with Crippen molar-refractivity contribution < 1.29 is 17.9 Å². The third-order valence-corrected chi connectivity index (χ3v) is 7.47. The van der Waals surface area contributed by atoms with Gasteiger partial charge in [0.05, 0.1) is 42.7 Å². The van der Waals surface area contributed by atoms with E-state index in [2.05, 4.69) is 20.5 Å². The molecule has 2 aromatic heterocycles. The van der Waals surface area contributed by atoms with Gasteiger partial charge in [-0.2, -0.15) is 19.3 Å². The van der Waals surface area contributed by atoms with Crippen molar-refractivity contribution >= 4 is 15.9 Å². The number of nitrogens with zero attached hydrogens (tertiary/aromatic N) is 8. The highest BCUT2D eigenvalue weighted by Crippen LogP contribution is 2.24. The lowest BCUT2D eigenvalue weighted by Gasteiger charge is -2.38. The van der Waals surface area contributed by atoms with Gasteiger partial charge in [0.2, 0.25) is 10.0 Å². The van der Waals surface area contributed by atoms with Crippen LogP contribution in [0, 0.1) is 0 Å². The third-order valence-electron chi connectivity index (χ3n) is 5.56. The number of benzene rings is 1. The Kier molecular flexibility index (Phi) is 5.45. The van der Waals surface area contributed by atoms with Crippen LogP contribution in [0.25, 0.3) is 0 Å². The van der Waals surface area contributed by atoms with Crippen molar-refractivity contribution in [3.05, 3.63) is 54.1 Å². The second kappa shape index (κ2) is 8.41. The van der Waals surface area contributed by atoms with E-state index in [1.165, 1.54) is 21.2 Å². The highest BCUT2D eigenvalue weighted by atomic mass is 32.2. The zero-order valence-corrected chi connectivity index (χ0v) is 18.0. The topological polar surface area (TPSA) is 128 Å². The first-order valence-electron chi connectivity index (χ1n) is 10.2. The van der Waals surface area contributed by atoms with Gasteiger partial charge in [-0.3, -0.25) is 4.79 Å². The first-order valence-corrected chi connectivity index (χ1v) is 11.7. The van der Waals surface area contributed by atoms with E-state index in [1.54, 1.807) is 34.1 Å². The fourth-order valence-corrected chi connectivity index (χ4v) is 5.12. The summed E-state index contributed by atoms with van der Waals surface area (Å²) >= 11 is 0. The van der Waals surface area contributed by atoms with E-state index in [-0.39, 0.29) is 16.8 Å². The Morgan fingerprint density at radius 2 is 1.75 bits per heavy atom. The summed E-state index contributed by atoms with van der Waals surface area (Å²) in [6.45, 7) is 2.90. The average molecular weight is 459 g/mol. The normalized spacial score (nSPS) is 17.9. The molecule has 0 spiro atoms. The molecule has 2 fully saturated rings. The summed E-state index contributed by atoms with van der Waals surface area (Å²) in [6, 6.07) is 6.15. The number of sulfonamides is 1. The number of hydrogen-bond donors (Lipinski definition) is 0. The summed E-state index contributed by atoms with van der Waals surface area (Å²) in [5.74, 6) is -0.141.